The van der Waals surface area contributed by atoms with Crippen molar-refractivity contribution in [2.45, 2.75) is 26.2 Å². The van der Waals surface area contributed by atoms with Crippen molar-refractivity contribution >= 4 is 17.2 Å². The Morgan fingerprint density at radius 2 is 2.38 bits per heavy atom. The quantitative estimate of drug-likeness (QED) is 0.817. The molecule has 1 aliphatic rings. The van der Waals surface area contributed by atoms with E-state index in [2.05, 4.69) is 15.7 Å². The number of methoxy groups -OCH3 is 1. The molecule has 0 spiro atoms. The lowest BCUT2D eigenvalue weighted by atomic mass is 9.95. The van der Waals surface area contributed by atoms with Crippen molar-refractivity contribution in [1.82, 2.24) is 10.3 Å². The number of hydrogen-bond acceptors (Lipinski definition) is 5. The van der Waals surface area contributed by atoms with Crippen molar-refractivity contribution in [2.75, 3.05) is 20.3 Å². The molecule has 0 radical (unpaired) electrons. The number of thiazole rings is 1. The second-order valence-electron chi connectivity index (χ2n) is 5.94. The molecule has 1 N–H and O–H groups in total. The van der Waals surface area contributed by atoms with Crippen LogP contribution in [-0.2, 0) is 17.6 Å². The van der Waals surface area contributed by atoms with Crippen molar-refractivity contribution in [3.63, 3.8) is 0 Å². The maximum absolute atomic E-state index is 12.3. The van der Waals surface area contributed by atoms with Crippen LogP contribution in [0.15, 0.2) is 23.6 Å². The smallest absolute Gasteiger partial charge is 0.226 e. The third-order valence-corrected chi connectivity index (χ3v) is 5.11. The highest BCUT2D eigenvalue weighted by Gasteiger charge is 2.27. The monoisotopic (exact) mass is 346 g/mol. The molecular formula is C18H22N2O3S. The summed E-state index contributed by atoms with van der Waals surface area (Å²) in [6, 6.07) is 5.79. The summed E-state index contributed by atoms with van der Waals surface area (Å²) in [5.41, 5.74) is 2.09. The molecule has 1 aliphatic heterocycles. The van der Waals surface area contributed by atoms with Gasteiger partial charge < -0.3 is 14.8 Å². The number of rotatable bonds is 6. The van der Waals surface area contributed by atoms with E-state index < -0.39 is 0 Å². The number of ether oxygens (including phenoxy) is 2. The van der Waals surface area contributed by atoms with E-state index in [0.29, 0.717) is 19.6 Å². The van der Waals surface area contributed by atoms with E-state index in [1.54, 1.807) is 18.4 Å². The van der Waals surface area contributed by atoms with Gasteiger partial charge in [-0.25, -0.2) is 4.98 Å². The Bertz CT molecular complexity index is 714. The minimum Gasteiger partial charge on any atom is -0.493 e. The molecule has 0 saturated heterocycles. The largest absolute Gasteiger partial charge is 0.493 e. The number of amides is 1. The summed E-state index contributed by atoms with van der Waals surface area (Å²) in [4.78, 5) is 16.8. The third-order valence-electron chi connectivity index (χ3n) is 4.08. The fourth-order valence-electron chi connectivity index (χ4n) is 2.84. The highest BCUT2D eigenvalue weighted by molar-refractivity contribution is 7.09. The SMILES string of the molecule is COc1cccc2c1OCC(C(=O)NCCCc1nc(C)cs1)C2. The topological polar surface area (TPSA) is 60.5 Å². The number of aromatic nitrogens is 1. The molecule has 6 heteroatoms. The Morgan fingerprint density at radius 1 is 1.50 bits per heavy atom. The number of benzene rings is 1. The highest BCUT2D eigenvalue weighted by Crippen LogP contribution is 2.35. The van der Waals surface area contributed by atoms with Crippen molar-refractivity contribution < 1.29 is 14.3 Å². The molecule has 2 aromatic rings. The summed E-state index contributed by atoms with van der Waals surface area (Å²) in [6.45, 7) is 3.06. The van der Waals surface area contributed by atoms with Crippen LogP contribution in [0.5, 0.6) is 11.5 Å². The fraction of sp³-hybridized carbons (Fsp3) is 0.444. The van der Waals surface area contributed by atoms with Crippen LogP contribution in [-0.4, -0.2) is 31.2 Å². The van der Waals surface area contributed by atoms with Gasteiger partial charge in [-0.3, -0.25) is 4.79 Å². The Balaban J connectivity index is 1.47. The van der Waals surface area contributed by atoms with Gasteiger partial charge in [0.2, 0.25) is 5.91 Å². The molecule has 1 atom stereocenters. The van der Waals surface area contributed by atoms with Gasteiger partial charge in [0.05, 0.1) is 18.0 Å². The van der Waals surface area contributed by atoms with Gasteiger partial charge in [-0.1, -0.05) is 12.1 Å². The number of nitrogens with one attached hydrogen (secondary N) is 1. The van der Waals surface area contributed by atoms with Gasteiger partial charge in [0.15, 0.2) is 11.5 Å². The molecule has 5 nitrogen and oxygen atoms in total. The van der Waals surface area contributed by atoms with Gasteiger partial charge in [-0.05, 0) is 31.4 Å². The molecule has 1 amide bonds. The lowest BCUT2D eigenvalue weighted by Crippen LogP contribution is -2.37. The van der Waals surface area contributed by atoms with Gasteiger partial charge in [0, 0.05) is 24.0 Å². The van der Waals surface area contributed by atoms with E-state index in [0.717, 1.165) is 40.6 Å². The van der Waals surface area contributed by atoms with Crippen molar-refractivity contribution in [1.29, 1.82) is 0 Å². The Kier molecular flexibility index (Phi) is 5.35. The van der Waals surface area contributed by atoms with Gasteiger partial charge >= 0.3 is 0 Å². The van der Waals surface area contributed by atoms with Crippen molar-refractivity contribution in [2.24, 2.45) is 5.92 Å². The van der Waals surface area contributed by atoms with Crippen LogP contribution in [0.25, 0.3) is 0 Å². The van der Waals surface area contributed by atoms with E-state index in [1.165, 1.54) is 0 Å². The first-order chi connectivity index (χ1) is 11.7. The molecule has 1 aromatic carbocycles. The van der Waals surface area contributed by atoms with Crippen LogP contribution in [0.2, 0.25) is 0 Å². The van der Waals surface area contributed by atoms with E-state index in [4.69, 9.17) is 9.47 Å². The lowest BCUT2D eigenvalue weighted by molar-refractivity contribution is -0.126. The first kappa shape index (κ1) is 16.8. The standard InChI is InChI=1S/C18H22N2O3S/c1-12-11-24-16(20-12)7-4-8-19-18(21)14-9-13-5-3-6-15(22-2)17(13)23-10-14/h3,5-6,11,14H,4,7-10H2,1-2H3,(H,19,21). The summed E-state index contributed by atoms with van der Waals surface area (Å²) in [5, 5.41) is 6.20. The van der Waals surface area contributed by atoms with Crippen molar-refractivity contribution in [3.05, 3.63) is 39.8 Å². The van der Waals surface area contributed by atoms with Crippen LogP contribution >= 0.6 is 11.3 Å². The summed E-state index contributed by atoms with van der Waals surface area (Å²) in [5.74, 6) is 1.40. The number of nitrogens with zero attached hydrogens (tertiary/aromatic N) is 1. The van der Waals surface area contributed by atoms with E-state index >= 15 is 0 Å². The predicted molar refractivity (Wildman–Crippen MR) is 93.9 cm³/mol. The highest BCUT2D eigenvalue weighted by atomic mass is 32.1. The third kappa shape index (κ3) is 3.87. The van der Waals surface area contributed by atoms with Gasteiger partial charge in [-0.2, -0.15) is 0 Å². The van der Waals surface area contributed by atoms with Crippen molar-refractivity contribution in [3.8, 4) is 11.5 Å². The first-order valence-corrected chi connectivity index (χ1v) is 9.02. The minimum atomic E-state index is -0.147. The molecule has 2 heterocycles. The Hall–Kier alpha value is -2.08. The molecule has 24 heavy (non-hydrogen) atoms. The second kappa shape index (κ2) is 7.66. The zero-order valence-electron chi connectivity index (χ0n) is 14.0. The number of hydrogen-bond donors (Lipinski definition) is 1. The van der Waals surface area contributed by atoms with Crippen LogP contribution < -0.4 is 14.8 Å². The average Bonchev–Trinajstić information content (AvgIpc) is 3.02. The molecule has 128 valence electrons. The minimum absolute atomic E-state index is 0.0544. The van der Waals surface area contributed by atoms with E-state index in [-0.39, 0.29) is 11.8 Å². The zero-order valence-corrected chi connectivity index (χ0v) is 14.8. The van der Waals surface area contributed by atoms with Crippen LogP contribution in [0, 0.1) is 12.8 Å². The second-order valence-corrected chi connectivity index (χ2v) is 6.88. The molecule has 0 saturated carbocycles. The molecule has 0 aliphatic carbocycles. The van der Waals surface area contributed by atoms with Crippen LogP contribution in [0.1, 0.15) is 22.7 Å². The first-order valence-electron chi connectivity index (χ1n) is 8.14. The molecule has 3 rings (SSSR count). The normalized spacial score (nSPS) is 16.2. The summed E-state index contributed by atoms with van der Waals surface area (Å²) < 4.78 is 11.1. The van der Waals surface area contributed by atoms with E-state index in [1.807, 2.05) is 25.1 Å². The van der Waals surface area contributed by atoms with Gasteiger partial charge in [0.1, 0.15) is 6.61 Å². The van der Waals surface area contributed by atoms with Crippen LogP contribution in [0.4, 0.5) is 0 Å². The number of carbonyl (C=O) groups excluding carboxylic acids is 1. The maximum Gasteiger partial charge on any atom is 0.226 e. The van der Waals surface area contributed by atoms with Gasteiger partial charge in [0.25, 0.3) is 0 Å². The molecule has 0 fully saturated rings. The van der Waals surface area contributed by atoms with Gasteiger partial charge in [-0.15, -0.1) is 11.3 Å². The molecular weight excluding hydrogens is 324 g/mol. The molecule has 1 aromatic heterocycles. The summed E-state index contributed by atoms with van der Waals surface area (Å²) in [6.07, 6.45) is 2.49. The lowest BCUT2D eigenvalue weighted by Gasteiger charge is -2.25. The molecule has 1 unspecified atom stereocenters. The summed E-state index contributed by atoms with van der Waals surface area (Å²) >= 11 is 1.68. The number of aryl methyl sites for hydroxylation is 2. The Morgan fingerprint density at radius 3 is 3.12 bits per heavy atom. The fourth-order valence-corrected chi connectivity index (χ4v) is 3.65. The van der Waals surface area contributed by atoms with E-state index in [9.17, 15) is 4.79 Å². The predicted octanol–water partition coefficient (Wildman–Crippen LogP) is 2.76. The average molecular weight is 346 g/mol. The maximum atomic E-state index is 12.3. The number of fused-ring (bicyclic) bond motifs is 1. The van der Waals surface area contributed by atoms with Crippen LogP contribution in [0.3, 0.4) is 0 Å². The zero-order chi connectivity index (χ0) is 16.9. The number of para-hydroxylation sites is 1. The molecule has 0 bridgehead atoms. The number of carbonyl (C=O) groups is 1. The summed E-state index contributed by atoms with van der Waals surface area (Å²) in [7, 11) is 1.63. The Labute approximate surface area is 146 Å².